The number of nitrogens with zero attached hydrogens (tertiary/aromatic N) is 7. The van der Waals surface area contributed by atoms with Gasteiger partial charge in [0.25, 0.3) is 5.91 Å². The van der Waals surface area contributed by atoms with Crippen LogP contribution < -0.4 is 5.56 Å². The number of aromatic nitrogens is 5. The summed E-state index contributed by atoms with van der Waals surface area (Å²) in [5.74, 6) is -0.138. The van der Waals surface area contributed by atoms with E-state index < -0.39 is 22.2 Å². The zero-order valence-electron chi connectivity index (χ0n) is 16.4. The van der Waals surface area contributed by atoms with Gasteiger partial charge in [-0.3, -0.25) is 19.7 Å². The SMILES string of the molecule is O=C([C@H](c1ccccc1)n1cnnn1)N1C[C@@H]2C[C@H](C1)c1ccc([N+](=O)[O-])c(=O)n1C2. The predicted octanol–water partition coefficient (Wildman–Crippen LogP) is 0.978. The minimum Gasteiger partial charge on any atom is -0.340 e. The molecule has 2 aromatic heterocycles. The number of hydrogen-bond acceptors (Lipinski definition) is 7. The van der Waals surface area contributed by atoms with Gasteiger partial charge in [0, 0.05) is 37.3 Å². The standard InChI is InChI=1S/C20H19N7O4/c28-19-17(27(30)31)7-6-16-15-8-13(10-25(16)19)9-24(11-15)20(29)18(26-12-21-22-23-26)14-4-2-1-3-5-14/h1-7,12-13,15,18H,8-11H2/t13-,15+,18-/m0/s1. The molecular weight excluding hydrogens is 402 g/mol. The van der Waals surface area contributed by atoms with Crippen molar-refractivity contribution in [1.82, 2.24) is 29.7 Å². The van der Waals surface area contributed by atoms with Gasteiger partial charge in [0.1, 0.15) is 6.33 Å². The average molecular weight is 421 g/mol. The van der Waals surface area contributed by atoms with Crippen molar-refractivity contribution in [3.05, 3.63) is 80.5 Å². The number of nitro groups is 1. The van der Waals surface area contributed by atoms with Gasteiger partial charge in [-0.15, -0.1) is 5.10 Å². The van der Waals surface area contributed by atoms with Gasteiger partial charge in [0.2, 0.25) is 0 Å². The summed E-state index contributed by atoms with van der Waals surface area (Å²) in [5, 5.41) is 22.5. The molecule has 158 valence electrons. The Labute approximate surface area is 176 Å². The zero-order valence-corrected chi connectivity index (χ0v) is 16.4. The van der Waals surface area contributed by atoms with Crippen LogP contribution in [0.15, 0.2) is 53.6 Å². The molecule has 2 aliphatic rings. The molecule has 1 fully saturated rings. The summed E-state index contributed by atoms with van der Waals surface area (Å²) >= 11 is 0. The highest BCUT2D eigenvalue weighted by atomic mass is 16.6. The van der Waals surface area contributed by atoms with Crippen molar-refractivity contribution in [1.29, 1.82) is 0 Å². The number of hydrogen-bond donors (Lipinski definition) is 0. The van der Waals surface area contributed by atoms with Crippen LogP contribution in [0.2, 0.25) is 0 Å². The maximum absolute atomic E-state index is 13.6. The normalized spacial score (nSPS) is 20.7. The van der Waals surface area contributed by atoms with Crippen LogP contribution in [-0.4, -0.2) is 53.6 Å². The van der Waals surface area contributed by atoms with E-state index in [1.165, 1.54) is 21.6 Å². The Morgan fingerprint density at radius 3 is 2.65 bits per heavy atom. The van der Waals surface area contributed by atoms with Crippen LogP contribution in [0.25, 0.3) is 0 Å². The first-order valence-corrected chi connectivity index (χ1v) is 9.97. The van der Waals surface area contributed by atoms with E-state index in [0.717, 1.165) is 17.7 Å². The molecule has 2 bridgehead atoms. The maximum atomic E-state index is 13.6. The minimum atomic E-state index is -0.686. The topological polar surface area (TPSA) is 129 Å². The third-order valence-corrected chi connectivity index (χ3v) is 6.07. The Bertz CT molecular complexity index is 1190. The number of tetrazole rings is 1. The van der Waals surface area contributed by atoms with Crippen molar-refractivity contribution in [2.75, 3.05) is 13.1 Å². The van der Waals surface area contributed by atoms with Crippen molar-refractivity contribution in [2.45, 2.75) is 24.9 Å². The van der Waals surface area contributed by atoms with E-state index in [1.54, 1.807) is 11.0 Å². The lowest BCUT2D eigenvalue weighted by Gasteiger charge is -2.43. The molecule has 2 aliphatic heterocycles. The molecule has 11 heteroatoms. The lowest BCUT2D eigenvalue weighted by molar-refractivity contribution is -0.386. The molecule has 3 atom stereocenters. The predicted molar refractivity (Wildman–Crippen MR) is 107 cm³/mol. The number of fused-ring (bicyclic) bond motifs is 4. The number of benzene rings is 1. The van der Waals surface area contributed by atoms with Crippen molar-refractivity contribution in [2.24, 2.45) is 5.92 Å². The van der Waals surface area contributed by atoms with E-state index in [4.69, 9.17) is 0 Å². The second kappa shape index (κ2) is 7.42. The summed E-state index contributed by atoms with van der Waals surface area (Å²) in [7, 11) is 0. The molecular formula is C20H19N7O4. The summed E-state index contributed by atoms with van der Waals surface area (Å²) < 4.78 is 2.96. The van der Waals surface area contributed by atoms with E-state index in [9.17, 15) is 19.7 Å². The molecule has 0 spiro atoms. The fourth-order valence-corrected chi connectivity index (χ4v) is 4.76. The van der Waals surface area contributed by atoms with Gasteiger partial charge >= 0.3 is 11.2 Å². The Kier molecular flexibility index (Phi) is 4.57. The van der Waals surface area contributed by atoms with E-state index in [1.807, 2.05) is 30.3 Å². The fourth-order valence-electron chi connectivity index (χ4n) is 4.76. The summed E-state index contributed by atoms with van der Waals surface area (Å²) in [4.78, 5) is 38.5. The van der Waals surface area contributed by atoms with Crippen LogP contribution in [0.5, 0.6) is 0 Å². The first kappa shape index (κ1) is 19.1. The van der Waals surface area contributed by atoms with Crippen molar-refractivity contribution >= 4 is 11.6 Å². The van der Waals surface area contributed by atoms with Crippen LogP contribution in [0.4, 0.5) is 5.69 Å². The first-order chi connectivity index (χ1) is 15.0. The Hall–Kier alpha value is -3.89. The van der Waals surface area contributed by atoms with Crippen molar-refractivity contribution < 1.29 is 9.72 Å². The van der Waals surface area contributed by atoms with Crippen molar-refractivity contribution in [3.63, 3.8) is 0 Å². The van der Waals surface area contributed by atoms with Gasteiger partial charge in [-0.05, 0) is 34.4 Å². The molecule has 1 aromatic carbocycles. The monoisotopic (exact) mass is 421 g/mol. The molecule has 11 nitrogen and oxygen atoms in total. The van der Waals surface area contributed by atoms with Gasteiger partial charge in [-0.1, -0.05) is 30.3 Å². The zero-order chi connectivity index (χ0) is 21.5. The number of amides is 1. The van der Waals surface area contributed by atoms with Gasteiger partial charge in [-0.25, -0.2) is 4.68 Å². The van der Waals surface area contributed by atoms with Crippen LogP contribution in [0, 0.1) is 16.0 Å². The van der Waals surface area contributed by atoms with E-state index in [0.29, 0.717) is 19.6 Å². The van der Waals surface area contributed by atoms with Gasteiger partial charge in [0.15, 0.2) is 6.04 Å². The molecule has 0 aliphatic carbocycles. The number of carbonyl (C=O) groups excluding carboxylic acids is 1. The van der Waals surface area contributed by atoms with E-state index in [-0.39, 0.29) is 17.7 Å². The number of piperidine rings is 1. The number of likely N-dealkylation sites (tertiary alicyclic amines) is 1. The second-order valence-corrected chi connectivity index (χ2v) is 7.96. The molecule has 0 saturated carbocycles. The first-order valence-electron chi connectivity index (χ1n) is 9.97. The van der Waals surface area contributed by atoms with Gasteiger partial charge in [-0.2, -0.15) is 0 Å². The molecule has 3 aromatic rings. The minimum absolute atomic E-state index is 0.0419. The Balaban J connectivity index is 1.47. The summed E-state index contributed by atoms with van der Waals surface area (Å²) in [6.45, 7) is 1.25. The number of carbonyl (C=O) groups is 1. The van der Waals surface area contributed by atoms with Crippen LogP contribution >= 0.6 is 0 Å². The average Bonchev–Trinajstić information content (AvgIpc) is 3.29. The third kappa shape index (κ3) is 3.27. The highest BCUT2D eigenvalue weighted by Crippen LogP contribution is 2.36. The molecule has 0 N–H and O–H groups in total. The lowest BCUT2D eigenvalue weighted by Crippen LogP contribution is -2.51. The van der Waals surface area contributed by atoms with E-state index in [2.05, 4.69) is 15.5 Å². The Morgan fingerprint density at radius 1 is 1.13 bits per heavy atom. The molecule has 0 radical (unpaired) electrons. The van der Waals surface area contributed by atoms with Gasteiger partial charge < -0.3 is 9.47 Å². The number of pyridine rings is 1. The highest BCUT2D eigenvalue weighted by Gasteiger charge is 2.40. The maximum Gasteiger partial charge on any atom is 0.334 e. The molecule has 5 rings (SSSR count). The summed E-state index contributed by atoms with van der Waals surface area (Å²) in [5.41, 5.74) is 0.526. The highest BCUT2D eigenvalue weighted by molar-refractivity contribution is 5.83. The summed E-state index contributed by atoms with van der Waals surface area (Å²) in [6, 6.07) is 11.6. The van der Waals surface area contributed by atoms with Crippen LogP contribution in [0.3, 0.4) is 0 Å². The smallest absolute Gasteiger partial charge is 0.334 e. The summed E-state index contributed by atoms with van der Waals surface area (Å²) in [6.07, 6.45) is 2.26. The molecule has 4 heterocycles. The molecule has 0 unspecified atom stereocenters. The molecule has 1 saturated heterocycles. The number of rotatable bonds is 4. The Morgan fingerprint density at radius 2 is 1.94 bits per heavy atom. The van der Waals surface area contributed by atoms with E-state index >= 15 is 0 Å². The molecule has 1 amide bonds. The lowest BCUT2D eigenvalue weighted by atomic mass is 9.82. The van der Waals surface area contributed by atoms with Crippen LogP contribution in [-0.2, 0) is 11.3 Å². The quantitative estimate of drug-likeness (QED) is 0.453. The van der Waals surface area contributed by atoms with Crippen molar-refractivity contribution in [3.8, 4) is 0 Å². The third-order valence-electron chi connectivity index (χ3n) is 6.07. The van der Waals surface area contributed by atoms with Gasteiger partial charge in [0.05, 0.1) is 4.92 Å². The second-order valence-electron chi connectivity index (χ2n) is 7.96. The van der Waals surface area contributed by atoms with Crippen LogP contribution in [0.1, 0.15) is 29.6 Å². The largest absolute Gasteiger partial charge is 0.340 e. The molecule has 31 heavy (non-hydrogen) atoms. The fraction of sp³-hybridized carbons (Fsp3) is 0.350.